The first-order valence-corrected chi connectivity index (χ1v) is 15.7. The van der Waals surface area contributed by atoms with Gasteiger partial charge in [0, 0.05) is 6.54 Å². The number of allylic oxidation sites excluding steroid dienone is 1. The van der Waals surface area contributed by atoms with Crippen molar-refractivity contribution in [2.75, 3.05) is 19.6 Å². The van der Waals surface area contributed by atoms with Crippen molar-refractivity contribution in [1.82, 2.24) is 4.90 Å². The number of hydrogen-bond acceptors (Lipinski definition) is 1. The Morgan fingerprint density at radius 1 is 0.394 bits per heavy atom. The first kappa shape index (κ1) is 32.7. The number of nitrogens with zero attached hydrogens (tertiary/aromatic N) is 1. The minimum absolute atomic E-state index is 1.16. The van der Waals surface area contributed by atoms with Gasteiger partial charge in [-0.2, -0.15) is 0 Å². The lowest BCUT2D eigenvalue weighted by Gasteiger charge is -2.20. The first-order chi connectivity index (χ1) is 16.3. The molecule has 0 aliphatic heterocycles. The lowest BCUT2D eigenvalue weighted by atomic mass is 10.0. The van der Waals surface area contributed by atoms with E-state index in [0.717, 1.165) is 6.54 Å². The topological polar surface area (TPSA) is 3.24 Å². The van der Waals surface area contributed by atoms with E-state index in [2.05, 4.69) is 37.8 Å². The molecule has 0 radical (unpaired) electrons. The Labute approximate surface area is 211 Å². The minimum atomic E-state index is 1.16. The second kappa shape index (κ2) is 29.7. The molecule has 0 amide bonds. The van der Waals surface area contributed by atoms with E-state index >= 15 is 0 Å². The van der Waals surface area contributed by atoms with Crippen molar-refractivity contribution >= 4 is 0 Å². The predicted molar refractivity (Wildman–Crippen MR) is 153 cm³/mol. The molecule has 0 aromatic carbocycles. The maximum Gasteiger partial charge on any atom is 0.0163 e. The van der Waals surface area contributed by atoms with Crippen LogP contribution < -0.4 is 0 Å². The molecule has 1 heteroatoms. The molecule has 0 aromatic heterocycles. The van der Waals surface area contributed by atoms with Crippen molar-refractivity contribution in [1.29, 1.82) is 0 Å². The normalized spacial score (nSPS) is 11.9. The summed E-state index contributed by atoms with van der Waals surface area (Å²) in [6, 6.07) is 0. The van der Waals surface area contributed by atoms with Gasteiger partial charge in [-0.25, -0.2) is 0 Å². The van der Waals surface area contributed by atoms with E-state index in [1.54, 1.807) is 0 Å². The van der Waals surface area contributed by atoms with Crippen LogP contribution in [0.5, 0.6) is 0 Å². The van der Waals surface area contributed by atoms with Crippen LogP contribution in [0.1, 0.15) is 175 Å². The highest BCUT2D eigenvalue weighted by atomic mass is 15.1. The quantitative estimate of drug-likeness (QED) is 0.0823. The van der Waals surface area contributed by atoms with E-state index in [0.29, 0.717) is 0 Å². The lowest BCUT2D eigenvalue weighted by molar-refractivity contribution is 0.285. The number of unbranched alkanes of at least 4 members (excludes halogenated alkanes) is 22. The van der Waals surface area contributed by atoms with Gasteiger partial charge in [-0.3, -0.25) is 4.90 Å². The second-order valence-electron chi connectivity index (χ2n) is 10.6. The lowest BCUT2D eigenvalue weighted by Crippen LogP contribution is -2.26. The Bertz CT molecular complexity index is 334. The molecule has 0 rings (SSSR count). The van der Waals surface area contributed by atoms with E-state index in [-0.39, 0.29) is 0 Å². The summed E-state index contributed by atoms with van der Waals surface area (Å²) >= 11 is 0. The molecule has 0 aromatic rings. The van der Waals surface area contributed by atoms with Gasteiger partial charge in [0.2, 0.25) is 0 Å². The van der Waals surface area contributed by atoms with Gasteiger partial charge in [0.25, 0.3) is 0 Å². The molecule has 0 aliphatic rings. The van der Waals surface area contributed by atoms with Gasteiger partial charge in [-0.05, 0) is 32.9 Å². The zero-order valence-corrected chi connectivity index (χ0v) is 23.7. The maximum atomic E-state index is 2.70. The van der Waals surface area contributed by atoms with Crippen LogP contribution in [0, 0.1) is 0 Å². The highest BCUT2D eigenvalue weighted by molar-refractivity contribution is 4.81. The van der Waals surface area contributed by atoms with E-state index in [1.165, 1.54) is 167 Å². The third-order valence-electron chi connectivity index (χ3n) is 7.26. The van der Waals surface area contributed by atoms with E-state index < -0.39 is 0 Å². The van der Waals surface area contributed by atoms with Gasteiger partial charge in [0.15, 0.2) is 0 Å². The molecule has 0 atom stereocenters. The smallest absolute Gasteiger partial charge is 0.0163 e. The number of rotatable bonds is 28. The largest absolute Gasteiger partial charge is 0.300 e. The molecular formula is C32H65N. The van der Waals surface area contributed by atoms with E-state index in [4.69, 9.17) is 0 Å². The van der Waals surface area contributed by atoms with Gasteiger partial charge >= 0.3 is 0 Å². The zero-order valence-electron chi connectivity index (χ0n) is 23.7. The molecular weight excluding hydrogens is 398 g/mol. The van der Waals surface area contributed by atoms with Gasteiger partial charge in [-0.15, -0.1) is 0 Å². The second-order valence-corrected chi connectivity index (χ2v) is 10.6. The third-order valence-corrected chi connectivity index (χ3v) is 7.26. The van der Waals surface area contributed by atoms with Crippen molar-refractivity contribution in [2.24, 2.45) is 0 Å². The fourth-order valence-corrected chi connectivity index (χ4v) is 4.90. The van der Waals surface area contributed by atoms with Crippen LogP contribution in [0.25, 0.3) is 0 Å². The Balaban J connectivity index is 3.51. The average molecular weight is 464 g/mol. The van der Waals surface area contributed by atoms with Gasteiger partial charge in [0.05, 0.1) is 0 Å². The molecule has 0 aliphatic carbocycles. The molecule has 0 heterocycles. The molecule has 0 fully saturated rings. The van der Waals surface area contributed by atoms with Crippen LogP contribution in [0.3, 0.4) is 0 Å². The van der Waals surface area contributed by atoms with E-state index in [1.807, 2.05) is 0 Å². The van der Waals surface area contributed by atoms with E-state index in [9.17, 15) is 0 Å². The first-order valence-electron chi connectivity index (χ1n) is 15.7. The van der Waals surface area contributed by atoms with Crippen molar-refractivity contribution < 1.29 is 0 Å². The van der Waals surface area contributed by atoms with Crippen LogP contribution in [0.4, 0.5) is 0 Å². The van der Waals surface area contributed by atoms with Crippen LogP contribution in [0.15, 0.2) is 12.2 Å². The molecule has 33 heavy (non-hydrogen) atoms. The SMILES string of the molecule is C/C=C/CN(CCCCCCCCCCCCCC)CCCCCCCCCCCCCC. The summed E-state index contributed by atoms with van der Waals surface area (Å²) in [6.07, 6.45) is 39.3. The molecule has 0 bridgehead atoms. The summed E-state index contributed by atoms with van der Waals surface area (Å²) in [5, 5.41) is 0. The minimum Gasteiger partial charge on any atom is -0.300 e. The summed E-state index contributed by atoms with van der Waals surface area (Å²) in [4.78, 5) is 2.70. The fourth-order valence-electron chi connectivity index (χ4n) is 4.90. The summed E-state index contributed by atoms with van der Waals surface area (Å²) in [5.41, 5.74) is 0. The summed E-state index contributed by atoms with van der Waals surface area (Å²) in [6.45, 7) is 10.5. The highest BCUT2D eigenvalue weighted by Gasteiger charge is 2.03. The molecule has 0 unspecified atom stereocenters. The molecule has 1 nitrogen and oxygen atoms in total. The molecule has 0 saturated carbocycles. The summed E-state index contributed by atoms with van der Waals surface area (Å²) < 4.78 is 0. The maximum absolute atomic E-state index is 2.70. The van der Waals surface area contributed by atoms with Crippen LogP contribution >= 0.6 is 0 Å². The zero-order chi connectivity index (χ0) is 24.1. The Kier molecular flexibility index (Phi) is 29.5. The van der Waals surface area contributed by atoms with Crippen LogP contribution in [-0.2, 0) is 0 Å². The Morgan fingerprint density at radius 3 is 0.939 bits per heavy atom. The Hall–Kier alpha value is -0.300. The van der Waals surface area contributed by atoms with Gasteiger partial charge in [-0.1, -0.05) is 167 Å². The van der Waals surface area contributed by atoms with Crippen LogP contribution in [0.2, 0.25) is 0 Å². The molecule has 0 N–H and O–H groups in total. The van der Waals surface area contributed by atoms with Crippen molar-refractivity contribution in [2.45, 2.75) is 175 Å². The molecule has 198 valence electrons. The fraction of sp³-hybridized carbons (Fsp3) is 0.938. The Morgan fingerprint density at radius 2 is 0.667 bits per heavy atom. The monoisotopic (exact) mass is 464 g/mol. The van der Waals surface area contributed by atoms with Crippen LogP contribution in [-0.4, -0.2) is 24.5 Å². The average Bonchev–Trinajstić information content (AvgIpc) is 2.83. The van der Waals surface area contributed by atoms with Gasteiger partial charge < -0.3 is 0 Å². The summed E-state index contributed by atoms with van der Waals surface area (Å²) in [5.74, 6) is 0. The third kappa shape index (κ3) is 27.8. The summed E-state index contributed by atoms with van der Waals surface area (Å²) in [7, 11) is 0. The molecule has 0 spiro atoms. The molecule has 0 saturated heterocycles. The predicted octanol–water partition coefficient (Wildman–Crippen LogP) is 11.3. The van der Waals surface area contributed by atoms with Crippen molar-refractivity contribution in [3.63, 3.8) is 0 Å². The highest BCUT2D eigenvalue weighted by Crippen LogP contribution is 2.14. The van der Waals surface area contributed by atoms with Gasteiger partial charge in [0.1, 0.15) is 0 Å². The number of hydrogen-bond donors (Lipinski definition) is 0. The standard InChI is InChI=1S/C32H65N/c1-4-7-10-12-14-16-18-20-22-24-26-28-31-33(30-9-6-3)32-29-27-25-23-21-19-17-15-13-11-8-5-2/h6,9H,4-5,7-8,10-32H2,1-3H3/b9-6+. The van der Waals surface area contributed by atoms with Crippen molar-refractivity contribution in [3.8, 4) is 0 Å². The van der Waals surface area contributed by atoms with Crippen molar-refractivity contribution in [3.05, 3.63) is 12.2 Å².